The van der Waals surface area contributed by atoms with Crippen LogP contribution in [-0.4, -0.2) is 73.3 Å². The number of halogens is 1. The number of carbonyl (C=O) groups is 3. The Morgan fingerprint density at radius 1 is 1.12 bits per heavy atom. The lowest BCUT2D eigenvalue weighted by molar-refractivity contribution is -0.136. The molecular weight excluding hydrogens is 439 g/mol. The third-order valence-corrected chi connectivity index (χ3v) is 8.35. The van der Waals surface area contributed by atoms with Crippen LogP contribution in [-0.2, 0) is 26.2 Å². The lowest BCUT2D eigenvalue weighted by Gasteiger charge is -2.36. The normalized spacial score (nSPS) is 22.5. The summed E-state index contributed by atoms with van der Waals surface area (Å²) in [6.45, 7) is 5.17. The Bertz CT molecular complexity index is 1070. The molecule has 0 aliphatic carbocycles. The zero-order valence-electron chi connectivity index (χ0n) is 18.1. The number of nitrogens with zero attached hydrogens (tertiary/aromatic N) is 3. The molecule has 3 amide bonds. The van der Waals surface area contributed by atoms with Crippen LogP contribution in [0, 0.1) is 11.7 Å². The smallest absolute Gasteiger partial charge is 0.255 e. The van der Waals surface area contributed by atoms with Crippen LogP contribution >= 0.6 is 0 Å². The van der Waals surface area contributed by atoms with E-state index in [2.05, 4.69) is 5.32 Å². The molecule has 11 heteroatoms. The van der Waals surface area contributed by atoms with E-state index in [1.807, 2.05) is 18.7 Å². The molecule has 0 bridgehead atoms. The van der Waals surface area contributed by atoms with Crippen LogP contribution < -0.4 is 10.2 Å². The number of amides is 3. The molecule has 3 aliphatic rings. The van der Waals surface area contributed by atoms with Gasteiger partial charge in [0.2, 0.25) is 21.8 Å². The Balaban J connectivity index is 1.54. The Kier molecular flexibility index (Phi) is 5.97. The van der Waals surface area contributed by atoms with Gasteiger partial charge in [0, 0.05) is 56.0 Å². The third-order valence-electron chi connectivity index (χ3n) is 6.11. The van der Waals surface area contributed by atoms with Gasteiger partial charge in [0.1, 0.15) is 11.9 Å². The highest BCUT2D eigenvalue weighted by Crippen LogP contribution is 2.35. The average Bonchev–Trinajstić information content (AvgIpc) is 3.03. The molecule has 174 valence electrons. The van der Waals surface area contributed by atoms with Gasteiger partial charge in [-0.05, 0) is 24.5 Å². The Morgan fingerprint density at radius 2 is 1.81 bits per heavy atom. The second kappa shape index (κ2) is 8.43. The van der Waals surface area contributed by atoms with E-state index < -0.39 is 33.7 Å². The van der Waals surface area contributed by atoms with E-state index in [4.69, 9.17) is 0 Å². The summed E-state index contributed by atoms with van der Waals surface area (Å²) in [5, 5.41) is 2.26. The topological polar surface area (TPSA) is 107 Å². The molecule has 2 fully saturated rings. The summed E-state index contributed by atoms with van der Waals surface area (Å²) in [7, 11) is -3.35. The molecule has 2 saturated heterocycles. The van der Waals surface area contributed by atoms with Crippen LogP contribution in [0.2, 0.25) is 0 Å². The van der Waals surface area contributed by atoms with Crippen molar-refractivity contribution in [2.45, 2.75) is 39.3 Å². The number of hydrogen-bond acceptors (Lipinski definition) is 6. The largest absolute Gasteiger partial charge is 0.369 e. The van der Waals surface area contributed by atoms with Gasteiger partial charge in [0.25, 0.3) is 5.91 Å². The summed E-state index contributed by atoms with van der Waals surface area (Å²) in [6.07, 6.45) is 0.374. The average molecular weight is 467 g/mol. The summed E-state index contributed by atoms with van der Waals surface area (Å²) >= 11 is 0. The Labute approximate surface area is 186 Å². The Morgan fingerprint density at radius 3 is 2.44 bits per heavy atom. The van der Waals surface area contributed by atoms with E-state index in [-0.39, 0.29) is 55.6 Å². The number of hydrogen-bond donors (Lipinski definition) is 1. The fourth-order valence-corrected chi connectivity index (χ4v) is 6.40. The quantitative estimate of drug-likeness (QED) is 0.640. The second-order valence-electron chi connectivity index (χ2n) is 8.91. The maximum absolute atomic E-state index is 14.4. The van der Waals surface area contributed by atoms with Gasteiger partial charge in [-0.3, -0.25) is 19.7 Å². The molecule has 1 aromatic rings. The van der Waals surface area contributed by atoms with Gasteiger partial charge < -0.3 is 9.80 Å². The highest BCUT2D eigenvalue weighted by molar-refractivity contribution is 7.89. The summed E-state index contributed by atoms with van der Waals surface area (Å²) in [4.78, 5) is 40.0. The number of piperazine rings is 1. The number of anilines is 1. The minimum absolute atomic E-state index is 0.0220. The number of rotatable bonds is 5. The third kappa shape index (κ3) is 4.23. The van der Waals surface area contributed by atoms with Crippen molar-refractivity contribution in [3.05, 3.63) is 29.1 Å². The van der Waals surface area contributed by atoms with Gasteiger partial charge in [-0.15, -0.1) is 0 Å². The highest BCUT2D eigenvalue weighted by Gasteiger charge is 2.41. The molecule has 9 nitrogen and oxygen atoms in total. The number of imide groups is 1. The first-order valence-electron chi connectivity index (χ1n) is 10.8. The molecule has 0 radical (unpaired) electrons. The van der Waals surface area contributed by atoms with Gasteiger partial charge in [-0.1, -0.05) is 13.8 Å². The molecule has 4 rings (SSSR count). The van der Waals surface area contributed by atoms with E-state index >= 15 is 0 Å². The van der Waals surface area contributed by atoms with Crippen LogP contribution in [0.4, 0.5) is 10.1 Å². The molecular formula is C21H27FN4O5S. The molecule has 1 unspecified atom stereocenters. The first-order valence-corrected chi connectivity index (χ1v) is 12.4. The van der Waals surface area contributed by atoms with Crippen LogP contribution in [0.25, 0.3) is 0 Å². The van der Waals surface area contributed by atoms with Gasteiger partial charge in [-0.2, -0.15) is 4.31 Å². The first kappa shape index (κ1) is 22.7. The van der Waals surface area contributed by atoms with E-state index in [0.29, 0.717) is 24.3 Å². The predicted molar refractivity (Wildman–Crippen MR) is 115 cm³/mol. The fraction of sp³-hybridized carbons (Fsp3) is 0.571. The molecule has 1 aromatic carbocycles. The monoisotopic (exact) mass is 466 g/mol. The highest BCUT2D eigenvalue weighted by atomic mass is 32.2. The molecule has 3 heterocycles. The molecule has 0 saturated carbocycles. The minimum atomic E-state index is -3.35. The number of benzene rings is 1. The van der Waals surface area contributed by atoms with Gasteiger partial charge >= 0.3 is 0 Å². The summed E-state index contributed by atoms with van der Waals surface area (Å²) in [6, 6.07) is 1.76. The number of sulfonamides is 1. The van der Waals surface area contributed by atoms with Crippen molar-refractivity contribution in [3.8, 4) is 0 Å². The summed E-state index contributed by atoms with van der Waals surface area (Å²) in [5.41, 5.74) is 1.38. The van der Waals surface area contributed by atoms with Crippen molar-refractivity contribution in [2.75, 3.05) is 36.8 Å². The Hall–Kier alpha value is -2.53. The van der Waals surface area contributed by atoms with Crippen LogP contribution in [0.5, 0.6) is 0 Å². The number of piperidine rings is 1. The molecule has 3 aliphatic heterocycles. The lowest BCUT2D eigenvalue weighted by Crippen LogP contribution is -2.52. The summed E-state index contributed by atoms with van der Waals surface area (Å²) < 4.78 is 41.0. The van der Waals surface area contributed by atoms with E-state index in [1.54, 1.807) is 0 Å². The maximum Gasteiger partial charge on any atom is 0.255 e. The van der Waals surface area contributed by atoms with Crippen molar-refractivity contribution < 1.29 is 27.2 Å². The lowest BCUT2D eigenvalue weighted by atomic mass is 10.0. The zero-order valence-corrected chi connectivity index (χ0v) is 19.0. The molecule has 1 N–H and O–H groups in total. The second-order valence-corrected chi connectivity index (χ2v) is 10.9. The van der Waals surface area contributed by atoms with Gasteiger partial charge in [-0.25, -0.2) is 12.8 Å². The number of carbonyl (C=O) groups excluding carboxylic acids is 3. The van der Waals surface area contributed by atoms with Crippen molar-refractivity contribution in [2.24, 2.45) is 5.92 Å². The SMILES string of the molecule is CC(C)CS(=O)(=O)N1CCN(c2cc(F)cc3c2CN(C2CCC(=O)NC2=O)C3=O)CC1. The first-order chi connectivity index (χ1) is 15.1. The molecule has 0 spiro atoms. The van der Waals surface area contributed by atoms with Gasteiger partial charge in [0.05, 0.1) is 5.75 Å². The van der Waals surface area contributed by atoms with E-state index in [1.165, 1.54) is 21.3 Å². The van der Waals surface area contributed by atoms with Crippen LogP contribution in [0.1, 0.15) is 42.6 Å². The standard InChI is InChI=1S/C21H27FN4O5S/c1-13(2)12-32(30,31)25-7-5-24(6-8-25)18-10-14(22)9-15-16(18)11-26(21(15)29)17-3-4-19(27)23-20(17)28/h9-10,13,17H,3-8,11-12H2,1-2H3,(H,23,27,28). The van der Waals surface area contributed by atoms with Crippen molar-refractivity contribution in [1.29, 1.82) is 0 Å². The maximum atomic E-state index is 14.4. The van der Waals surface area contributed by atoms with Crippen LogP contribution in [0.3, 0.4) is 0 Å². The van der Waals surface area contributed by atoms with E-state index in [0.717, 1.165) is 0 Å². The van der Waals surface area contributed by atoms with Crippen LogP contribution in [0.15, 0.2) is 12.1 Å². The zero-order chi connectivity index (χ0) is 23.2. The number of nitrogens with one attached hydrogen (secondary N) is 1. The molecule has 0 aromatic heterocycles. The number of fused-ring (bicyclic) bond motifs is 1. The predicted octanol–water partition coefficient (Wildman–Crippen LogP) is 0.695. The van der Waals surface area contributed by atoms with Crippen molar-refractivity contribution in [1.82, 2.24) is 14.5 Å². The summed E-state index contributed by atoms with van der Waals surface area (Å²) in [5.74, 6) is -1.78. The molecule has 32 heavy (non-hydrogen) atoms. The van der Waals surface area contributed by atoms with Gasteiger partial charge in [0.15, 0.2) is 0 Å². The molecule has 1 atom stereocenters. The minimum Gasteiger partial charge on any atom is -0.369 e. The van der Waals surface area contributed by atoms with E-state index in [9.17, 15) is 27.2 Å². The fourth-order valence-electron chi connectivity index (χ4n) is 4.62. The van der Waals surface area contributed by atoms with Crippen molar-refractivity contribution in [3.63, 3.8) is 0 Å². The van der Waals surface area contributed by atoms with Crippen molar-refractivity contribution >= 4 is 33.4 Å².